The van der Waals surface area contributed by atoms with Gasteiger partial charge in [-0.1, -0.05) is 0 Å². The van der Waals surface area contributed by atoms with E-state index in [9.17, 15) is 9.59 Å². The molecule has 0 bridgehead atoms. The van der Waals surface area contributed by atoms with Crippen molar-refractivity contribution in [2.75, 3.05) is 4.90 Å². The zero-order valence-electron chi connectivity index (χ0n) is 9.73. The number of nitrogens with two attached hydrogens (primary N) is 1. The Morgan fingerprint density at radius 2 is 1.69 bits per heavy atom. The van der Waals surface area contributed by atoms with E-state index in [1.807, 2.05) is 13.8 Å². The molecule has 0 atom stereocenters. The normalized spacial score (nSPS) is 10.2. The van der Waals surface area contributed by atoms with Gasteiger partial charge in [-0.15, -0.1) is 0 Å². The van der Waals surface area contributed by atoms with Crippen molar-refractivity contribution in [3.05, 3.63) is 29.8 Å². The summed E-state index contributed by atoms with van der Waals surface area (Å²) >= 11 is 0. The average Bonchev–Trinajstić information content (AvgIpc) is 2.17. The minimum absolute atomic E-state index is 0.00159. The number of rotatable bonds is 3. The highest BCUT2D eigenvalue weighted by Crippen LogP contribution is 2.17. The smallest absolute Gasteiger partial charge is 0.319 e. The van der Waals surface area contributed by atoms with Crippen molar-refractivity contribution < 1.29 is 9.59 Å². The first kappa shape index (κ1) is 12.2. The molecule has 4 nitrogen and oxygen atoms in total. The van der Waals surface area contributed by atoms with Crippen LogP contribution in [-0.2, 0) is 0 Å². The van der Waals surface area contributed by atoms with Crippen LogP contribution in [0.5, 0.6) is 0 Å². The second-order valence-electron chi connectivity index (χ2n) is 3.91. The molecule has 1 aromatic rings. The summed E-state index contributed by atoms with van der Waals surface area (Å²) in [5.41, 5.74) is 6.61. The molecule has 0 heterocycles. The number of anilines is 1. The Morgan fingerprint density at radius 1 is 1.19 bits per heavy atom. The molecule has 1 aromatic carbocycles. The van der Waals surface area contributed by atoms with Crippen molar-refractivity contribution >= 4 is 17.5 Å². The number of urea groups is 1. The van der Waals surface area contributed by atoms with Gasteiger partial charge in [0, 0.05) is 17.3 Å². The van der Waals surface area contributed by atoms with Gasteiger partial charge < -0.3 is 5.73 Å². The quantitative estimate of drug-likeness (QED) is 0.793. The molecule has 0 fully saturated rings. The summed E-state index contributed by atoms with van der Waals surface area (Å²) in [6, 6.07) is 6.32. The summed E-state index contributed by atoms with van der Waals surface area (Å²) < 4.78 is 0. The van der Waals surface area contributed by atoms with E-state index < -0.39 is 6.03 Å². The number of primary amides is 1. The van der Waals surface area contributed by atoms with Crippen LogP contribution in [0.25, 0.3) is 0 Å². The molecule has 16 heavy (non-hydrogen) atoms. The summed E-state index contributed by atoms with van der Waals surface area (Å²) in [5, 5.41) is 0. The minimum Gasteiger partial charge on any atom is -0.351 e. The van der Waals surface area contributed by atoms with Crippen LogP contribution in [0.3, 0.4) is 0 Å². The second kappa shape index (κ2) is 4.79. The Bertz CT molecular complexity index is 396. The van der Waals surface area contributed by atoms with Gasteiger partial charge in [-0.3, -0.25) is 9.69 Å². The molecule has 2 N–H and O–H groups in total. The highest BCUT2D eigenvalue weighted by atomic mass is 16.2. The van der Waals surface area contributed by atoms with Crippen molar-refractivity contribution in [2.24, 2.45) is 5.73 Å². The van der Waals surface area contributed by atoms with Crippen molar-refractivity contribution in [1.29, 1.82) is 0 Å². The van der Waals surface area contributed by atoms with Crippen molar-refractivity contribution in [3.8, 4) is 0 Å². The molecule has 0 spiro atoms. The molecule has 0 aliphatic carbocycles. The summed E-state index contributed by atoms with van der Waals surface area (Å²) in [6.07, 6.45) is 0. The first-order valence-electron chi connectivity index (χ1n) is 5.13. The molecular weight excluding hydrogens is 204 g/mol. The molecule has 2 amide bonds. The molecule has 0 radical (unpaired) electrons. The first-order chi connectivity index (χ1) is 7.43. The summed E-state index contributed by atoms with van der Waals surface area (Å²) in [7, 11) is 0. The third kappa shape index (κ3) is 2.59. The van der Waals surface area contributed by atoms with Gasteiger partial charge in [0.15, 0.2) is 5.78 Å². The van der Waals surface area contributed by atoms with E-state index in [-0.39, 0.29) is 11.8 Å². The third-order valence-corrected chi connectivity index (χ3v) is 2.31. The Balaban J connectivity index is 3.03. The third-order valence-electron chi connectivity index (χ3n) is 2.31. The highest BCUT2D eigenvalue weighted by Gasteiger charge is 2.15. The van der Waals surface area contributed by atoms with Gasteiger partial charge in [0.2, 0.25) is 0 Å². The lowest BCUT2D eigenvalue weighted by atomic mass is 10.1. The number of carbonyl (C=O) groups excluding carboxylic acids is 2. The van der Waals surface area contributed by atoms with Crippen LogP contribution in [0.4, 0.5) is 10.5 Å². The average molecular weight is 220 g/mol. The van der Waals surface area contributed by atoms with E-state index in [1.165, 1.54) is 11.8 Å². The highest BCUT2D eigenvalue weighted by molar-refractivity contribution is 5.95. The van der Waals surface area contributed by atoms with Crippen LogP contribution >= 0.6 is 0 Å². The van der Waals surface area contributed by atoms with Crippen LogP contribution in [0, 0.1) is 0 Å². The zero-order chi connectivity index (χ0) is 12.3. The fourth-order valence-electron chi connectivity index (χ4n) is 1.54. The topological polar surface area (TPSA) is 63.4 Å². The summed E-state index contributed by atoms with van der Waals surface area (Å²) in [5.74, 6) is 0.00159. The molecule has 86 valence electrons. The number of ketones is 1. The number of Topliss-reactive ketones (excluding diaryl/α,β-unsaturated/α-hetero) is 1. The van der Waals surface area contributed by atoms with Crippen LogP contribution < -0.4 is 10.6 Å². The van der Waals surface area contributed by atoms with Gasteiger partial charge in [0.05, 0.1) is 0 Å². The zero-order valence-corrected chi connectivity index (χ0v) is 9.73. The van der Waals surface area contributed by atoms with E-state index in [1.54, 1.807) is 24.3 Å². The van der Waals surface area contributed by atoms with E-state index in [0.717, 1.165) is 0 Å². The molecule has 0 unspecified atom stereocenters. The van der Waals surface area contributed by atoms with Crippen LogP contribution in [0.2, 0.25) is 0 Å². The fourth-order valence-corrected chi connectivity index (χ4v) is 1.54. The monoisotopic (exact) mass is 220 g/mol. The SMILES string of the molecule is CC(=O)c1ccc(N(C(N)=O)C(C)C)cc1. The number of nitrogens with zero attached hydrogens (tertiary/aromatic N) is 1. The number of hydrogen-bond donors (Lipinski definition) is 1. The number of benzene rings is 1. The summed E-state index contributed by atoms with van der Waals surface area (Å²) in [6.45, 7) is 5.26. The van der Waals surface area contributed by atoms with E-state index in [0.29, 0.717) is 11.3 Å². The molecule has 0 saturated carbocycles. The lowest BCUT2D eigenvalue weighted by molar-refractivity contribution is 0.101. The maximum absolute atomic E-state index is 11.2. The van der Waals surface area contributed by atoms with Crippen molar-refractivity contribution in [2.45, 2.75) is 26.8 Å². The molecule has 4 heteroatoms. The number of amides is 2. The Labute approximate surface area is 95.0 Å². The van der Waals surface area contributed by atoms with Crippen LogP contribution in [0.15, 0.2) is 24.3 Å². The molecule has 0 aromatic heterocycles. The standard InChI is InChI=1S/C12H16N2O2/c1-8(2)14(12(13)16)11-6-4-10(5-7-11)9(3)15/h4-8H,1-3H3,(H2,13,16). The molecule has 0 aliphatic rings. The van der Waals surface area contributed by atoms with Gasteiger partial charge in [-0.25, -0.2) is 4.79 Å². The molecular formula is C12H16N2O2. The van der Waals surface area contributed by atoms with Crippen molar-refractivity contribution in [1.82, 2.24) is 0 Å². The lowest BCUT2D eigenvalue weighted by Crippen LogP contribution is -2.40. The van der Waals surface area contributed by atoms with Crippen LogP contribution in [-0.4, -0.2) is 17.9 Å². The van der Waals surface area contributed by atoms with Gasteiger partial charge in [-0.2, -0.15) is 0 Å². The van der Waals surface area contributed by atoms with Gasteiger partial charge in [-0.05, 0) is 45.0 Å². The Morgan fingerprint density at radius 3 is 2.00 bits per heavy atom. The van der Waals surface area contributed by atoms with Crippen molar-refractivity contribution in [3.63, 3.8) is 0 Å². The summed E-state index contributed by atoms with van der Waals surface area (Å²) in [4.78, 5) is 23.8. The first-order valence-corrected chi connectivity index (χ1v) is 5.13. The predicted octanol–water partition coefficient (Wildman–Crippen LogP) is 2.18. The Hall–Kier alpha value is -1.84. The van der Waals surface area contributed by atoms with Crippen LogP contribution in [0.1, 0.15) is 31.1 Å². The predicted molar refractivity (Wildman–Crippen MR) is 63.6 cm³/mol. The lowest BCUT2D eigenvalue weighted by Gasteiger charge is -2.24. The second-order valence-corrected chi connectivity index (χ2v) is 3.91. The van der Waals surface area contributed by atoms with E-state index in [4.69, 9.17) is 5.73 Å². The molecule has 1 rings (SSSR count). The number of carbonyl (C=O) groups is 2. The van der Waals surface area contributed by atoms with Gasteiger partial charge in [0.1, 0.15) is 0 Å². The van der Waals surface area contributed by atoms with Gasteiger partial charge in [0.25, 0.3) is 0 Å². The minimum atomic E-state index is -0.495. The Kier molecular flexibility index (Phi) is 3.66. The molecule has 0 aliphatic heterocycles. The molecule has 0 saturated heterocycles. The largest absolute Gasteiger partial charge is 0.351 e. The maximum atomic E-state index is 11.2. The number of hydrogen-bond acceptors (Lipinski definition) is 2. The fraction of sp³-hybridized carbons (Fsp3) is 0.333. The van der Waals surface area contributed by atoms with E-state index in [2.05, 4.69) is 0 Å². The maximum Gasteiger partial charge on any atom is 0.319 e. The van der Waals surface area contributed by atoms with Gasteiger partial charge >= 0.3 is 6.03 Å². The van der Waals surface area contributed by atoms with E-state index >= 15 is 0 Å².